The van der Waals surface area contributed by atoms with E-state index in [2.05, 4.69) is 20.5 Å². The van der Waals surface area contributed by atoms with Crippen molar-refractivity contribution in [3.63, 3.8) is 0 Å². The number of nitrogens with zero attached hydrogens (tertiary/aromatic N) is 1. The lowest BCUT2D eigenvalue weighted by molar-refractivity contribution is -0.121. The molecule has 0 spiro atoms. The first kappa shape index (κ1) is 16.6. The summed E-state index contributed by atoms with van der Waals surface area (Å²) in [6, 6.07) is 5.79. The molecule has 0 aliphatic heterocycles. The summed E-state index contributed by atoms with van der Waals surface area (Å²) in [5, 5.41) is 11.9. The molecule has 3 N–H and O–H groups in total. The van der Waals surface area contributed by atoms with Gasteiger partial charge in [0.15, 0.2) is 0 Å². The van der Waals surface area contributed by atoms with E-state index in [1.165, 1.54) is 0 Å². The molecule has 1 amide bonds. The van der Waals surface area contributed by atoms with Crippen molar-refractivity contribution < 1.29 is 4.79 Å². The van der Waals surface area contributed by atoms with E-state index in [0.29, 0.717) is 19.4 Å². The Labute approximate surface area is 145 Å². The van der Waals surface area contributed by atoms with Gasteiger partial charge in [-0.2, -0.15) is 5.10 Å². The molecule has 1 aromatic carbocycles. The molecule has 3 rings (SSSR count). The van der Waals surface area contributed by atoms with Gasteiger partial charge >= 0.3 is 0 Å². The zero-order valence-electron chi connectivity index (χ0n) is 13.9. The van der Waals surface area contributed by atoms with Crippen molar-refractivity contribution in [2.75, 3.05) is 6.54 Å². The molecule has 5 nitrogen and oxygen atoms in total. The van der Waals surface area contributed by atoms with E-state index >= 15 is 0 Å². The fraction of sp³-hybridized carbons (Fsp3) is 0.333. The fourth-order valence-electron chi connectivity index (χ4n) is 2.96. The number of fused-ring (bicyclic) bond motifs is 1. The maximum atomic E-state index is 12.0. The van der Waals surface area contributed by atoms with Gasteiger partial charge < -0.3 is 10.3 Å². The number of nitrogens with one attached hydrogen (secondary N) is 3. The van der Waals surface area contributed by atoms with Crippen molar-refractivity contribution in [1.29, 1.82) is 0 Å². The molecule has 0 aliphatic carbocycles. The van der Waals surface area contributed by atoms with Crippen LogP contribution in [0.1, 0.15) is 28.9 Å². The summed E-state index contributed by atoms with van der Waals surface area (Å²) in [6.45, 7) is 4.55. The normalized spacial score (nSPS) is 11.1. The molecule has 0 unspecified atom stereocenters. The third-order valence-corrected chi connectivity index (χ3v) is 4.56. The van der Waals surface area contributed by atoms with Gasteiger partial charge in [0.05, 0.1) is 5.69 Å². The van der Waals surface area contributed by atoms with Gasteiger partial charge in [0, 0.05) is 40.8 Å². The maximum Gasteiger partial charge on any atom is 0.220 e. The predicted octanol–water partition coefficient (Wildman–Crippen LogP) is 3.45. The van der Waals surface area contributed by atoms with E-state index in [1.54, 1.807) is 0 Å². The van der Waals surface area contributed by atoms with Crippen LogP contribution in [0.2, 0.25) is 5.02 Å². The highest BCUT2D eigenvalue weighted by atomic mass is 35.5. The van der Waals surface area contributed by atoms with Gasteiger partial charge in [-0.3, -0.25) is 9.89 Å². The van der Waals surface area contributed by atoms with Gasteiger partial charge in [-0.25, -0.2) is 0 Å². The van der Waals surface area contributed by atoms with Crippen molar-refractivity contribution in [2.45, 2.75) is 33.1 Å². The second kappa shape index (κ2) is 7.09. The van der Waals surface area contributed by atoms with Crippen molar-refractivity contribution in [3.05, 3.63) is 51.9 Å². The number of aryl methyl sites for hydroxylation is 2. The molecule has 0 saturated heterocycles. The van der Waals surface area contributed by atoms with Crippen LogP contribution in [0.15, 0.2) is 24.4 Å². The van der Waals surface area contributed by atoms with Crippen molar-refractivity contribution in [3.8, 4) is 0 Å². The van der Waals surface area contributed by atoms with Gasteiger partial charge in [0.1, 0.15) is 0 Å². The molecule has 6 heteroatoms. The Balaban J connectivity index is 1.50. The number of benzene rings is 1. The van der Waals surface area contributed by atoms with Crippen molar-refractivity contribution in [2.24, 2.45) is 0 Å². The molecule has 2 heterocycles. The van der Waals surface area contributed by atoms with Gasteiger partial charge in [-0.05, 0) is 56.0 Å². The Morgan fingerprint density at radius 3 is 2.88 bits per heavy atom. The standard InChI is InChI=1S/C18H21ClN4O/c1-11-15(12(2)23-22-11)4-6-18(24)20-8-7-13-10-21-17-5-3-14(19)9-16(13)17/h3,5,9-10,21H,4,6-8H2,1-2H3,(H,20,24)(H,22,23). The van der Waals surface area contributed by atoms with Crippen LogP contribution in [-0.2, 0) is 17.6 Å². The quantitative estimate of drug-likeness (QED) is 0.640. The van der Waals surface area contributed by atoms with Crippen molar-refractivity contribution in [1.82, 2.24) is 20.5 Å². The summed E-state index contributed by atoms with van der Waals surface area (Å²) in [4.78, 5) is 15.3. The van der Waals surface area contributed by atoms with Crippen molar-refractivity contribution >= 4 is 28.4 Å². The van der Waals surface area contributed by atoms with E-state index < -0.39 is 0 Å². The molecule has 2 aromatic heterocycles. The SMILES string of the molecule is Cc1n[nH]c(C)c1CCC(=O)NCCc1c[nH]c2ccc(Cl)cc12. The fourth-order valence-corrected chi connectivity index (χ4v) is 3.14. The number of amides is 1. The minimum absolute atomic E-state index is 0.0628. The average molecular weight is 345 g/mol. The van der Waals surface area contributed by atoms with Crippen LogP contribution in [-0.4, -0.2) is 27.6 Å². The van der Waals surface area contributed by atoms with E-state index in [1.807, 2.05) is 38.2 Å². The molecule has 24 heavy (non-hydrogen) atoms. The summed E-state index contributed by atoms with van der Waals surface area (Å²) in [6.07, 6.45) is 3.94. The third-order valence-electron chi connectivity index (χ3n) is 4.33. The van der Waals surface area contributed by atoms with E-state index in [-0.39, 0.29) is 5.91 Å². The summed E-state index contributed by atoms with van der Waals surface area (Å²) in [5.41, 5.74) is 5.37. The predicted molar refractivity (Wildman–Crippen MR) is 96.4 cm³/mol. The second-order valence-corrected chi connectivity index (χ2v) is 6.45. The molecule has 0 atom stereocenters. The average Bonchev–Trinajstić information content (AvgIpc) is 3.09. The Morgan fingerprint density at radius 2 is 2.12 bits per heavy atom. The number of halogens is 1. The number of hydrogen-bond donors (Lipinski definition) is 3. The molecule has 126 valence electrons. The second-order valence-electron chi connectivity index (χ2n) is 6.02. The van der Waals surface area contributed by atoms with E-state index in [0.717, 1.165) is 44.9 Å². The number of H-pyrrole nitrogens is 2. The highest BCUT2D eigenvalue weighted by Crippen LogP contribution is 2.22. The summed E-state index contributed by atoms with van der Waals surface area (Å²) < 4.78 is 0. The highest BCUT2D eigenvalue weighted by Gasteiger charge is 2.09. The number of carbonyl (C=O) groups is 1. The number of aromatic nitrogens is 3. The zero-order chi connectivity index (χ0) is 17.1. The first-order valence-corrected chi connectivity index (χ1v) is 8.45. The van der Waals surface area contributed by atoms with Crippen LogP contribution in [0.4, 0.5) is 0 Å². The number of rotatable bonds is 6. The Hall–Kier alpha value is -2.27. The lowest BCUT2D eigenvalue weighted by atomic mass is 10.1. The number of hydrogen-bond acceptors (Lipinski definition) is 2. The lowest BCUT2D eigenvalue weighted by Crippen LogP contribution is -2.25. The third kappa shape index (κ3) is 3.62. The van der Waals surface area contributed by atoms with Crippen LogP contribution in [0.3, 0.4) is 0 Å². The van der Waals surface area contributed by atoms with Gasteiger partial charge in [0.2, 0.25) is 5.91 Å². The zero-order valence-corrected chi connectivity index (χ0v) is 14.6. The van der Waals surface area contributed by atoms with Crippen LogP contribution in [0.5, 0.6) is 0 Å². The lowest BCUT2D eigenvalue weighted by Gasteiger charge is -2.05. The summed E-state index contributed by atoms with van der Waals surface area (Å²) in [5.74, 6) is 0.0628. The first-order chi connectivity index (χ1) is 11.5. The topological polar surface area (TPSA) is 73.6 Å². The Kier molecular flexibility index (Phi) is 4.90. The van der Waals surface area contributed by atoms with Gasteiger partial charge in [-0.1, -0.05) is 11.6 Å². The summed E-state index contributed by atoms with van der Waals surface area (Å²) >= 11 is 6.06. The Morgan fingerprint density at radius 1 is 1.29 bits per heavy atom. The number of carbonyl (C=O) groups excluding carboxylic acids is 1. The minimum Gasteiger partial charge on any atom is -0.361 e. The maximum absolute atomic E-state index is 12.0. The molecule has 0 saturated carbocycles. The molecular weight excluding hydrogens is 324 g/mol. The summed E-state index contributed by atoms with van der Waals surface area (Å²) in [7, 11) is 0. The molecular formula is C18H21ClN4O. The van der Waals surface area contributed by atoms with Gasteiger partial charge in [0.25, 0.3) is 0 Å². The monoisotopic (exact) mass is 344 g/mol. The molecule has 0 radical (unpaired) electrons. The Bertz CT molecular complexity index is 846. The first-order valence-electron chi connectivity index (χ1n) is 8.07. The van der Waals surface area contributed by atoms with Crippen LogP contribution >= 0.6 is 11.6 Å². The van der Waals surface area contributed by atoms with Crippen LogP contribution in [0.25, 0.3) is 10.9 Å². The van der Waals surface area contributed by atoms with Crippen LogP contribution < -0.4 is 5.32 Å². The van der Waals surface area contributed by atoms with Crippen LogP contribution in [0, 0.1) is 13.8 Å². The highest BCUT2D eigenvalue weighted by molar-refractivity contribution is 6.31. The van der Waals surface area contributed by atoms with E-state index in [9.17, 15) is 4.79 Å². The smallest absolute Gasteiger partial charge is 0.220 e. The van der Waals surface area contributed by atoms with Gasteiger partial charge in [-0.15, -0.1) is 0 Å². The molecule has 0 bridgehead atoms. The number of aromatic amines is 2. The molecule has 3 aromatic rings. The largest absolute Gasteiger partial charge is 0.361 e. The minimum atomic E-state index is 0.0628. The molecule has 0 aliphatic rings. The van der Waals surface area contributed by atoms with E-state index in [4.69, 9.17) is 11.6 Å². The molecule has 0 fully saturated rings.